The molecule has 8 nitrogen and oxygen atoms in total. The fraction of sp³-hybridized carbons (Fsp3) is 0.207. The number of aryl methyl sites for hydroxylation is 1. The molecule has 6 heterocycles. The van der Waals surface area contributed by atoms with E-state index >= 15 is 0 Å². The largest absolute Gasteiger partial charge is 0.335 e. The lowest BCUT2D eigenvalue weighted by atomic mass is 10.0. The van der Waals surface area contributed by atoms with Crippen LogP contribution in [-0.2, 0) is 6.54 Å². The zero-order chi connectivity index (χ0) is 27.4. The standard InChI is InChI=1S/C29H23F3N8/c1-16-6-18(9-20(30)7-16)21-12-34-13-24-25(21)37-28(36-24)27-26-23(38-39-27)3-2-22(35-26)19-8-17(10-33-11-19)14-40-5-4-29(31,32)15-40/h2-3,6-13H,4-5,14-15H2,1H3,(H,36,37)(H,38,39). The minimum absolute atomic E-state index is 0.122. The van der Waals surface area contributed by atoms with Crippen LogP contribution in [0.3, 0.4) is 0 Å². The van der Waals surface area contributed by atoms with Crippen molar-refractivity contribution in [2.75, 3.05) is 13.1 Å². The molecule has 7 rings (SSSR count). The van der Waals surface area contributed by atoms with Gasteiger partial charge in [-0.1, -0.05) is 6.07 Å². The molecule has 0 spiro atoms. The van der Waals surface area contributed by atoms with Gasteiger partial charge in [-0.15, -0.1) is 0 Å². The molecule has 6 aromatic rings. The first-order valence-corrected chi connectivity index (χ1v) is 12.8. The molecule has 11 heteroatoms. The number of nitrogens with zero attached hydrogens (tertiary/aromatic N) is 6. The van der Waals surface area contributed by atoms with Crippen LogP contribution in [0.15, 0.2) is 61.2 Å². The smallest absolute Gasteiger partial charge is 0.261 e. The molecule has 5 aromatic heterocycles. The molecule has 0 atom stereocenters. The Kier molecular flexibility index (Phi) is 5.63. The van der Waals surface area contributed by atoms with Crippen molar-refractivity contribution in [2.45, 2.75) is 25.8 Å². The summed E-state index contributed by atoms with van der Waals surface area (Å²) in [5, 5.41) is 7.48. The van der Waals surface area contributed by atoms with Gasteiger partial charge in [0.25, 0.3) is 5.92 Å². The monoisotopic (exact) mass is 540 g/mol. The lowest BCUT2D eigenvalue weighted by Gasteiger charge is -2.15. The maximum Gasteiger partial charge on any atom is 0.261 e. The molecule has 0 bridgehead atoms. The number of hydrogen-bond donors (Lipinski definition) is 2. The minimum Gasteiger partial charge on any atom is -0.335 e. The van der Waals surface area contributed by atoms with E-state index in [-0.39, 0.29) is 18.8 Å². The molecule has 1 aliphatic rings. The molecule has 200 valence electrons. The fourth-order valence-corrected chi connectivity index (χ4v) is 5.29. The molecule has 2 N–H and O–H groups in total. The minimum atomic E-state index is -2.64. The number of rotatable bonds is 5. The number of likely N-dealkylation sites (tertiary alicyclic amines) is 1. The molecular weight excluding hydrogens is 517 g/mol. The van der Waals surface area contributed by atoms with E-state index < -0.39 is 5.92 Å². The molecule has 1 aromatic carbocycles. The average molecular weight is 541 g/mol. The Morgan fingerprint density at radius 3 is 2.62 bits per heavy atom. The van der Waals surface area contributed by atoms with Crippen LogP contribution in [0.5, 0.6) is 0 Å². The number of H-pyrrole nitrogens is 2. The van der Waals surface area contributed by atoms with Crippen LogP contribution in [-0.4, -0.2) is 59.0 Å². The number of nitrogens with one attached hydrogen (secondary N) is 2. The number of halogens is 3. The van der Waals surface area contributed by atoms with Crippen molar-refractivity contribution >= 4 is 22.1 Å². The van der Waals surface area contributed by atoms with Crippen molar-refractivity contribution in [3.8, 4) is 33.9 Å². The molecule has 0 unspecified atom stereocenters. The van der Waals surface area contributed by atoms with Gasteiger partial charge in [-0.3, -0.25) is 20.0 Å². The van der Waals surface area contributed by atoms with Gasteiger partial charge < -0.3 is 4.98 Å². The van der Waals surface area contributed by atoms with Crippen LogP contribution < -0.4 is 0 Å². The number of imidazole rings is 1. The summed E-state index contributed by atoms with van der Waals surface area (Å²) in [5.41, 5.74) is 7.67. The summed E-state index contributed by atoms with van der Waals surface area (Å²) in [6.45, 7) is 2.35. The number of aromatic amines is 2. The lowest BCUT2D eigenvalue weighted by molar-refractivity contribution is 0.0115. The normalized spacial score (nSPS) is 15.4. The Hall–Kier alpha value is -4.64. The highest BCUT2D eigenvalue weighted by atomic mass is 19.3. The average Bonchev–Trinajstić information content (AvgIpc) is 3.63. The quantitative estimate of drug-likeness (QED) is 0.282. The molecule has 0 saturated carbocycles. The molecular formula is C29H23F3N8. The highest BCUT2D eigenvalue weighted by Gasteiger charge is 2.37. The third-order valence-electron chi connectivity index (χ3n) is 7.12. The Balaban J connectivity index is 1.25. The molecule has 1 aliphatic heterocycles. The van der Waals surface area contributed by atoms with Gasteiger partial charge in [0.05, 0.1) is 35.0 Å². The first kappa shape index (κ1) is 24.4. The van der Waals surface area contributed by atoms with E-state index in [4.69, 9.17) is 9.97 Å². The van der Waals surface area contributed by atoms with E-state index in [0.29, 0.717) is 58.0 Å². The van der Waals surface area contributed by atoms with Gasteiger partial charge in [-0.2, -0.15) is 5.10 Å². The van der Waals surface area contributed by atoms with Gasteiger partial charge >= 0.3 is 0 Å². The van der Waals surface area contributed by atoms with E-state index in [9.17, 15) is 13.2 Å². The van der Waals surface area contributed by atoms with Crippen LogP contribution in [0, 0.1) is 12.7 Å². The van der Waals surface area contributed by atoms with E-state index in [1.165, 1.54) is 12.1 Å². The maximum atomic E-state index is 14.1. The second kappa shape index (κ2) is 9.23. The van der Waals surface area contributed by atoms with Gasteiger partial charge in [0.2, 0.25) is 0 Å². The number of benzene rings is 1. The van der Waals surface area contributed by atoms with Crippen LogP contribution >= 0.6 is 0 Å². The number of fused-ring (bicyclic) bond motifs is 2. The molecule has 1 fully saturated rings. The number of aromatic nitrogens is 7. The number of pyridine rings is 3. The van der Waals surface area contributed by atoms with Gasteiger partial charge in [-0.25, -0.2) is 23.1 Å². The maximum absolute atomic E-state index is 14.1. The van der Waals surface area contributed by atoms with E-state index in [1.54, 1.807) is 29.7 Å². The summed E-state index contributed by atoms with van der Waals surface area (Å²) < 4.78 is 41.4. The van der Waals surface area contributed by atoms with E-state index in [1.807, 2.05) is 31.2 Å². The highest BCUT2D eigenvalue weighted by molar-refractivity contribution is 5.95. The molecule has 1 saturated heterocycles. The zero-order valence-corrected chi connectivity index (χ0v) is 21.4. The second-order valence-corrected chi connectivity index (χ2v) is 10.2. The van der Waals surface area contributed by atoms with Crippen molar-refractivity contribution in [1.29, 1.82) is 0 Å². The summed E-state index contributed by atoms with van der Waals surface area (Å²) in [6, 6.07) is 10.5. The number of hydrogen-bond acceptors (Lipinski definition) is 6. The SMILES string of the molecule is Cc1cc(F)cc(-c2cncc3[nH]c(-c4n[nH]c5ccc(-c6cncc(CN7CCC(F)(F)C7)c6)nc45)nc23)c1. The lowest BCUT2D eigenvalue weighted by Crippen LogP contribution is -2.24. The second-order valence-electron chi connectivity index (χ2n) is 10.2. The Labute approximate surface area is 226 Å². The fourth-order valence-electron chi connectivity index (χ4n) is 5.29. The third kappa shape index (κ3) is 4.47. The van der Waals surface area contributed by atoms with Crippen LogP contribution in [0.4, 0.5) is 13.2 Å². The number of alkyl halides is 2. The summed E-state index contributed by atoms with van der Waals surface area (Å²) in [4.78, 5) is 23.3. The summed E-state index contributed by atoms with van der Waals surface area (Å²) in [7, 11) is 0. The van der Waals surface area contributed by atoms with Crippen molar-refractivity contribution in [1.82, 2.24) is 40.0 Å². The molecule has 0 radical (unpaired) electrons. The molecule has 0 amide bonds. The van der Waals surface area contributed by atoms with Gasteiger partial charge in [-0.05, 0) is 53.9 Å². The highest BCUT2D eigenvalue weighted by Crippen LogP contribution is 2.32. The Bertz CT molecular complexity index is 1870. The molecule has 0 aliphatic carbocycles. The predicted octanol–water partition coefficient (Wildman–Crippen LogP) is 5.91. The topological polar surface area (TPSA) is 99.3 Å². The van der Waals surface area contributed by atoms with E-state index in [0.717, 1.165) is 22.2 Å². The molecule has 40 heavy (non-hydrogen) atoms. The van der Waals surface area contributed by atoms with Crippen molar-refractivity contribution in [3.05, 3.63) is 78.1 Å². The first-order valence-electron chi connectivity index (χ1n) is 12.8. The Morgan fingerprint density at radius 1 is 0.925 bits per heavy atom. The van der Waals surface area contributed by atoms with Gasteiger partial charge in [0.15, 0.2) is 11.5 Å². The summed E-state index contributed by atoms with van der Waals surface area (Å²) >= 11 is 0. The van der Waals surface area contributed by atoms with Crippen molar-refractivity contribution < 1.29 is 13.2 Å². The third-order valence-corrected chi connectivity index (χ3v) is 7.12. The van der Waals surface area contributed by atoms with E-state index in [2.05, 4.69) is 25.1 Å². The van der Waals surface area contributed by atoms with Gasteiger partial charge in [0, 0.05) is 49.2 Å². The Morgan fingerprint density at radius 2 is 1.80 bits per heavy atom. The van der Waals surface area contributed by atoms with Crippen molar-refractivity contribution in [3.63, 3.8) is 0 Å². The summed E-state index contributed by atoms with van der Waals surface area (Å²) in [6.07, 6.45) is 6.62. The predicted molar refractivity (Wildman–Crippen MR) is 145 cm³/mol. The summed E-state index contributed by atoms with van der Waals surface area (Å²) in [5.74, 6) is -2.47. The van der Waals surface area contributed by atoms with Crippen molar-refractivity contribution in [2.24, 2.45) is 0 Å². The van der Waals surface area contributed by atoms with Crippen LogP contribution in [0.25, 0.3) is 56.0 Å². The van der Waals surface area contributed by atoms with Crippen LogP contribution in [0.1, 0.15) is 17.5 Å². The van der Waals surface area contributed by atoms with Crippen LogP contribution in [0.2, 0.25) is 0 Å². The first-order chi connectivity index (χ1) is 19.3. The van der Waals surface area contributed by atoms with Gasteiger partial charge in [0.1, 0.15) is 11.3 Å². The zero-order valence-electron chi connectivity index (χ0n) is 21.4.